The van der Waals surface area contributed by atoms with E-state index in [1.165, 1.54) is 0 Å². The number of likely N-dealkylation sites (N-methyl/N-ethyl adjacent to an activating group) is 1. The fourth-order valence-electron chi connectivity index (χ4n) is 4.38. The first-order chi connectivity index (χ1) is 15.6. The lowest BCUT2D eigenvalue weighted by atomic mass is 9.79. The molecule has 2 atom stereocenters. The van der Waals surface area contributed by atoms with Gasteiger partial charge < -0.3 is 14.6 Å². The van der Waals surface area contributed by atoms with Crippen molar-refractivity contribution in [2.24, 2.45) is 0 Å². The number of aromatic amines is 1. The van der Waals surface area contributed by atoms with Crippen LogP contribution in [-0.4, -0.2) is 40.8 Å². The molecule has 160 valence electrons. The summed E-state index contributed by atoms with van der Waals surface area (Å²) in [5, 5.41) is 2.93. The number of amides is 2. The van der Waals surface area contributed by atoms with E-state index >= 15 is 0 Å². The van der Waals surface area contributed by atoms with Crippen molar-refractivity contribution < 1.29 is 14.3 Å². The van der Waals surface area contributed by atoms with Gasteiger partial charge in [0.25, 0.3) is 5.91 Å². The van der Waals surface area contributed by atoms with Crippen LogP contribution in [-0.2, 0) is 4.79 Å². The maximum Gasteiger partial charge on any atom is 0.254 e. The molecule has 0 unspecified atom stereocenters. The Morgan fingerprint density at radius 1 is 1.03 bits per heavy atom. The summed E-state index contributed by atoms with van der Waals surface area (Å²) in [6.45, 7) is 0. The third kappa shape index (κ3) is 3.28. The minimum atomic E-state index is -0.615. The van der Waals surface area contributed by atoms with E-state index in [9.17, 15) is 9.59 Å². The van der Waals surface area contributed by atoms with Gasteiger partial charge in [0.1, 0.15) is 5.75 Å². The maximum atomic E-state index is 13.6. The van der Waals surface area contributed by atoms with Crippen molar-refractivity contribution in [3.05, 3.63) is 89.5 Å². The van der Waals surface area contributed by atoms with Gasteiger partial charge in [-0.3, -0.25) is 14.9 Å². The van der Waals surface area contributed by atoms with Crippen molar-refractivity contribution in [1.82, 2.24) is 14.9 Å². The van der Waals surface area contributed by atoms with E-state index in [4.69, 9.17) is 4.74 Å². The summed E-state index contributed by atoms with van der Waals surface area (Å²) < 4.78 is 5.27. The molecule has 0 aliphatic carbocycles. The number of nitrogens with one attached hydrogen (secondary N) is 2. The van der Waals surface area contributed by atoms with Crippen molar-refractivity contribution >= 4 is 28.8 Å². The summed E-state index contributed by atoms with van der Waals surface area (Å²) in [6.07, 6.45) is 0. The Hall–Kier alpha value is -4.13. The van der Waals surface area contributed by atoms with Gasteiger partial charge in [0.15, 0.2) is 0 Å². The summed E-state index contributed by atoms with van der Waals surface area (Å²) in [5.74, 6) is 0.116. The van der Waals surface area contributed by atoms with Crippen molar-refractivity contribution in [3.63, 3.8) is 0 Å². The Morgan fingerprint density at radius 3 is 2.50 bits per heavy atom. The van der Waals surface area contributed by atoms with E-state index in [1.54, 1.807) is 25.1 Å². The molecule has 1 aliphatic heterocycles. The predicted molar refractivity (Wildman–Crippen MR) is 122 cm³/mol. The number of ether oxygens (including phenoxy) is 1. The molecule has 32 heavy (non-hydrogen) atoms. The normalized spacial score (nSPS) is 17.8. The zero-order valence-electron chi connectivity index (χ0n) is 17.7. The van der Waals surface area contributed by atoms with E-state index in [1.807, 2.05) is 66.7 Å². The largest absolute Gasteiger partial charge is 0.497 e. The van der Waals surface area contributed by atoms with Crippen molar-refractivity contribution in [1.29, 1.82) is 0 Å². The molecule has 4 aromatic rings. The molecule has 2 heterocycles. The van der Waals surface area contributed by atoms with Gasteiger partial charge in [0.2, 0.25) is 11.9 Å². The van der Waals surface area contributed by atoms with Crippen LogP contribution in [0.1, 0.15) is 33.4 Å². The Balaban J connectivity index is 1.57. The molecule has 7 nitrogen and oxygen atoms in total. The second-order valence-electron chi connectivity index (χ2n) is 7.79. The van der Waals surface area contributed by atoms with Crippen molar-refractivity contribution in [3.8, 4) is 5.75 Å². The lowest BCUT2D eigenvalue weighted by Gasteiger charge is -2.39. The number of fused-ring (bicyclic) bond motifs is 2. The lowest BCUT2D eigenvalue weighted by molar-refractivity contribution is -0.119. The van der Waals surface area contributed by atoms with Crippen LogP contribution in [0.15, 0.2) is 72.8 Å². The zero-order valence-corrected chi connectivity index (χ0v) is 17.7. The number of carbonyl (C=O) groups excluding carboxylic acids is 2. The summed E-state index contributed by atoms with van der Waals surface area (Å²) in [4.78, 5) is 36.0. The monoisotopic (exact) mass is 426 g/mol. The SMILES string of the molecule is COc1ccc([C@H]2[C@@H](C(=O)Nc3nc4ccccc4[nH]3)c3ccccc3C(=O)N2C)cc1. The summed E-state index contributed by atoms with van der Waals surface area (Å²) in [7, 11) is 3.33. The van der Waals surface area contributed by atoms with Crippen LogP contribution < -0.4 is 10.1 Å². The van der Waals surface area contributed by atoms with E-state index in [-0.39, 0.29) is 11.8 Å². The molecular weight excluding hydrogens is 404 g/mol. The van der Waals surface area contributed by atoms with Crippen LogP contribution in [0.4, 0.5) is 5.95 Å². The van der Waals surface area contributed by atoms with Crippen LogP contribution in [0.3, 0.4) is 0 Å². The molecule has 7 heteroatoms. The molecule has 0 spiro atoms. The fourth-order valence-corrected chi connectivity index (χ4v) is 4.38. The first-order valence-corrected chi connectivity index (χ1v) is 10.3. The van der Waals surface area contributed by atoms with E-state index in [0.29, 0.717) is 22.8 Å². The number of H-pyrrole nitrogens is 1. The number of hydrogen-bond acceptors (Lipinski definition) is 4. The number of nitrogens with zero attached hydrogens (tertiary/aromatic N) is 2. The molecule has 1 aromatic heterocycles. The number of carbonyl (C=O) groups is 2. The number of hydrogen-bond donors (Lipinski definition) is 2. The van der Waals surface area contributed by atoms with Crippen molar-refractivity contribution in [2.45, 2.75) is 12.0 Å². The third-order valence-corrected chi connectivity index (χ3v) is 5.95. The van der Waals surface area contributed by atoms with Gasteiger partial charge >= 0.3 is 0 Å². The highest BCUT2D eigenvalue weighted by atomic mass is 16.5. The second kappa shape index (κ2) is 7.85. The predicted octanol–water partition coefficient (Wildman–Crippen LogP) is 4.12. The summed E-state index contributed by atoms with van der Waals surface area (Å²) in [5.41, 5.74) is 3.69. The molecule has 0 radical (unpaired) electrons. The number of aromatic nitrogens is 2. The fraction of sp³-hybridized carbons (Fsp3) is 0.160. The third-order valence-electron chi connectivity index (χ3n) is 5.95. The number of para-hydroxylation sites is 2. The number of imidazole rings is 1. The summed E-state index contributed by atoms with van der Waals surface area (Å²) >= 11 is 0. The molecule has 5 rings (SSSR count). The van der Waals surface area contributed by atoms with E-state index in [0.717, 1.165) is 16.6 Å². The second-order valence-corrected chi connectivity index (χ2v) is 7.79. The highest BCUT2D eigenvalue weighted by Gasteiger charge is 2.42. The highest BCUT2D eigenvalue weighted by molar-refractivity contribution is 6.04. The summed E-state index contributed by atoms with van der Waals surface area (Å²) in [6, 6.07) is 21.8. The molecule has 1 aliphatic rings. The van der Waals surface area contributed by atoms with Crippen molar-refractivity contribution in [2.75, 3.05) is 19.5 Å². The molecule has 0 saturated carbocycles. The molecular formula is C25H22N4O3. The first-order valence-electron chi connectivity index (χ1n) is 10.3. The average Bonchev–Trinajstić information content (AvgIpc) is 3.23. The Bertz CT molecular complexity index is 1280. The molecule has 0 bridgehead atoms. The van der Waals surface area contributed by atoms with Gasteiger partial charge in [-0.25, -0.2) is 4.98 Å². The Morgan fingerprint density at radius 2 is 1.75 bits per heavy atom. The lowest BCUT2D eigenvalue weighted by Crippen LogP contribution is -2.44. The maximum absolute atomic E-state index is 13.6. The van der Waals surface area contributed by atoms with E-state index < -0.39 is 12.0 Å². The van der Waals surface area contributed by atoms with Crippen LogP contribution >= 0.6 is 0 Å². The van der Waals surface area contributed by atoms with Gasteiger partial charge in [-0.2, -0.15) is 0 Å². The number of methoxy groups -OCH3 is 1. The van der Waals surface area contributed by atoms with Gasteiger partial charge in [-0.05, 0) is 41.5 Å². The molecule has 3 aromatic carbocycles. The minimum absolute atomic E-state index is 0.116. The van der Waals surface area contributed by atoms with Crippen LogP contribution in [0, 0.1) is 0 Å². The Kier molecular flexibility index (Phi) is 4.86. The van der Waals surface area contributed by atoms with Crippen LogP contribution in [0.5, 0.6) is 5.75 Å². The average molecular weight is 426 g/mol. The highest BCUT2D eigenvalue weighted by Crippen LogP contribution is 2.42. The van der Waals surface area contributed by atoms with Gasteiger partial charge in [0, 0.05) is 12.6 Å². The molecule has 2 N–H and O–H groups in total. The van der Waals surface area contributed by atoms with Gasteiger partial charge in [-0.15, -0.1) is 0 Å². The standard InChI is InChI=1S/C25H22N4O3/c1-29-22(15-11-13-16(32-2)14-12-15)21(17-7-3-4-8-18(17)24(29)31)23(30)28-25-26-19-9-5-6-10-20(19)27-25/h3-14,21-22H,1-2H3,(H2,26,27,28,30)/t21-,22-/m0/s1. The number of rotatable bonds is 4. The van der Waals surface area contributed by atoms with Crippen LogP contribution in [0.2, 0.25) is 0 Å². The Labute approximate surface area is 185 Å². The molecule has 0 saturated heterocycles. The van der Waals surface area contributed by atoms with Gasteiger partial charge in [0.05, 0.1) is 30.1 Å². The quantitative estimate of drug-likeness (QED) is 0.514. The minimum Gasteiger partial charge on any atom is -0.497 e. The van der Waals surface area contributed by atoms with Crippen LogP contribution in [0.25, 0.3) is 11.0 Å². The molecule has 0 fully saturated rings. The topological polar surface area (TPSA) is 87.3 Å². The number of anilines is 1. The van der Waals surface area contributed by atoms with E-state index in [2.05, 4.69) is 15.3 Å². The first kappa shape index (κ1) is 19.8. The smallest absolute Gasteiger partial charge is 0.254 e. The van der Waals surface area contributed by atoms with Gasteiger partial charge in [-0.1, -0.05) is 42.5 Å². The number of benzene rings is 3. The zero-order chi connectivity index (χ0) is 22.2. The molecule has 2 amide bonds.